The number of carbonyl (C=O) groups is 2. The van der Waals surface area contributed by atoms with Gasteiger partial charge in [0.2, 0.25) is 15.9 Å². The van der Waals surface area contributed by atoms with Crippen LogP contribution in [0.1, 0.15) is 66.1 Å². The van der Waals surface area contributed by atoms with E-state index in [2.05, 4.69) is 36.9 Å². The highest BCUT2D eigenvalue weighted by atomic mass is 35.5. The van der Waals surface area contributed by atoms with E-state index in [4.69, 9.17) is 21.4 Å². The van der Waals surface area contributed by atoms with Gasteiger partial charge in [0.05, 0.1) is 40.5 Å². The summed E-state index contributed by atoms with van der Waals surface area (Å²) in [5.41, 5.74) is -6.29. The standard InChI is InChI=1S/C43H40ClF10N8O10PS2/c1-40(2,74(4,68)69)11-10-24-6-7-25(26-8-9-29(44)33-35(26)61(20-41(47,48)49)58-38(33)62(75(5,70)71)39(64)59(3)12-13-72-73(65,66)67)34(55-24)30(16-21-14-22(45)17-23(46)15-21)56-31(63)19-60-37-32(36(57-60)43(52,53)54)27-18-28(27)42(37,50)51/h6-9,14-15,17,27-28,30H,12-13,16,18-20H2,1-5H3,(H,56,63)(H2,65,66,67)/t27-,28+,30?/m0/s1. The quantitative estimate of drug-likeness (QED) is 0.0534. The van der Waals surface area contributed by atoms with Crippen LogP contribution in [0.15, 0.2) is 42.5 Å². The SMILES string of the molecule is CN(CCOP(=O)(O)O)C(=O)N(c1nn(CC(F)(F)F)c2c(-c3ccc(C#CC(C)(C)S(C)(=O)=O)nc3C(Cc3cc(F)cc(F)c3)NC(=O)Cn3nc(C(F)(F)F)c4c3C(F)(F)[C@@H]3C[C@H]43)ccc(Cl)c12)S(C)(=O)=O. The Morgan fingerprint density at radius 3 is 2.19 bits per heavy atom. The Bertz CT molecular complexity index is 3480. The molecule has 1 fully saturated rings. The largest absolute Gasteiger partial charge is 0.469 e. The number of halogens is 11. The van der Waals surface area contributed by atoms with Gasteiger partial charge in [0.15, 0.2) is 21.3 Å². The normalized spacial score (nSPS) is 17.0. The molecule has 32 heteroatoms. The summed E-state index contributed by atoms with van der Waals surface area (Å²) >= 11 is 6.62. The second-order valence-corrected chi connectivity index (χ2v) is 24.1. The maximum absolute atomic E-state index is 15.6. The zero-order chi connectivity index (χ0) is 55.9. The van der Waals surface area contributed by atoms with Crippen LogP contribution in [0.25, 0.3) is 22.0 Å². The fourth-order valence-corrected chi connectivity index (χ4v) is 9.99. The van der Waals surface area contributed by atoms with Gasteiger partial charge in [0, 0.05) is 48.5 Å². The molecule has 3 N–H and O–H groups in total. The highest BCUT2D eigenvalue weighted by molar-refractivity contribution is 7.93. The van der Waals surface area contributed by atoms with Crippen LogP contribution < -0.4 is 9.62 Å². The van der Waals surface area contributed by atoms with Crippen molar-refractivity contribution in [3.63, 3.8) is 0 Å². The van der Waals surface area contributed by atoms with Gasteiger partial charge in [-0.3, -0.25) is 18.7 Å². The third-order valence-electron chi connectivity index (χ3n) is 12.0. The Hall–Kier alpha value is -5.83. The molecular weight excluding hydrogens is 1110 g/mol. The first-order valence-corrected chi connectivity index (χ1v) is 27.2. The van der Waals surface area contributed by atoms with Crippen molar-refractivity contribution in [3.05, 3.63) is 93.0 Å². The number of rotatable bonds is 15. The van der Waals surface area contributed by atoms with Crippen LogP contribution in [-0.2, 0) is 65.4 Å². The average molecular weight is 1150 g/mol. The summed E-state index contributed by atoms with van der Waals surface area (Å²) in [6.07, 6.45) is -10.2. The minimum atomic E-state index is -5.25. The van der Waals surface area contributed by atoms with Crippen LogP contribution in [0, 0.1) is 29.4 Å². The fourth-order valence-electron chi connectivity index (χ4n) is 8.34. The van der Waals surface area contributed by atoms with Crippen LogP contribution in [0.2, 0.25) is 5.02 Å². The molecular formula is C43H40ClF10N8O10PS2. The monoisotopic (exact) mass is 1150 g/mol. The van der Waals surface area contributed by atoms with E-state index in [0.29, 0.717) is 17.2 Å². The van der Waals surface area contributed by atoms with Crippen molar-refractivity contribution in [2.45, 2.75) is 74.8 Å². The van der Waals surface area contributed by atoms with Crippen LogP contribution >= 0.6 is 19.4 Å². The summed E-state index contributed by atoms with van der Waals surface area (Å²) in [7, 11) is -13.1. The number of hydrogen-bond donors (Lipinski definition) is 3. The first-order chi connectivity index (χ1) is 34.3. The van der Waals surface area contributed by atoms with Crippen LogP contribution in [0.4, 0.5) is 54.5 Å². The fraction of sp³-hybridized carbons (Fsp3) is 0.419. The molecule has 0 saturated heterocycles. The second kappa shape index (κ2) is 19.6. The van der Waals surface area contributed by atoms with Gasteiger partial charge < -0.3 is 20.0 Å². The molecule has 18 nitrogen and oxygen atoms in total. The van der Waals surface area contributed by atoms with Gasteiger partial charge in [-0.25, -0.2) is 40.0 Å². The molecule has 5 aromatic rings. The van der Waals surface area contributed by atoms with Gasteiger partial charge in [-0.2, -0.15) is 49.6 Å². The van der Waals surface area contributed by atoms with Gasteiger partial charge in [-0.15, -0.1) is 0 Å². The molecule has 75 heavy (non-hydrogen) atoms. The van der Waals surface area contributed by atoms with E-state index in [1.807, 2.05) is 0 Å². The molecule has 3 atom stereocenters. The Kier molecular flexibility index (Phi) is 14.9. The molecule has 3 amide bonds. The number of nitrogens with one attached hydrogen (secondary N) is 1. The number of aromatic nitrogens is 5. The number of sulfonamides is 1. The number of sulfone groups is 1. The summed E-state index contributed by atoms with van der Waals surface area (Å²) in [5, 5.41) is 8.41. The first kappa shape index (κ1) is 56.9. The number of phosphoric acid groups is 1. The topological polar surface area (TPSA) is 236 Å². The molecule has 0 bridgehead atoms. The predicted molar refractivity (Wildman–Crippen MR) is 246 cm³/mol. The first-order valence-electron chi connectivity index (χ1n) is 21.5. The van der Waals surface area contributed by atoms with E-state index in [-0.39, 0.29) is 36.9 Å². The number of benzene rings is 2. The number of alkyl halides is 8. The van der Waals surface area contributed by atoms with Gasteiger partial charge in [-0.1, -0.05) is 23.6 Å². The average Bonchev–Trinajstić information content (AvgIpc) is 3.76. The summed E-state index contributed by atoms with van der Waals surface area (Å²) in [6.45, 7) is -2.56. The smallest absolute Gasteiger partial charge is 0.346 e. The van der Waals surface area contributed by atoms with Gasteiger partial charge in [0.1, 0.15) is 40.9 Å². The summed E-state index contributed by atoms with van der Waals surface area (Å²) < 4.78 is 214. The molecule has 1 unspecified atom stereocenters. The summed E-state index contributed by atoms with van der Waals surface area (Å²) in [5.74, 6) is -6.34. The third-order valence-corrected chi connectivity index (χ3v) is 15.8. The van der Waals surface area contributed by atoms with Crippen molar-refractivity contribution in [1.82, 2.24) is 34.8 Å². The number of phosphoric ester groups is 1. The van der Waals surface area contributed by atoms with Crippen molar-refractivity contribution in [2.75, 3.05) is 37.0 Å². The number of urea groups is 1. The molecule has 3 heterocycles. The molecule has 3 aromatic heterocycles. The maximum atomic E-state index is 15.6. The van der Waals surface area contributed by atoms with Crippen LogP contribution in [0.3, 0.4) is 0 Å². The highest BCUT2D eigenvalue weighted by Gasteiger charge is 2.68. The predicted octanol–water partition coefficient (Wildman–Crippen LogP) is 7.22. The molecule has 406 valence electrons. The van der Waals surface area contributed by atoms with Crippen LogP contribution in [0.5, 0.6) is 0 Å². The number of anilines is 1. The van der Waals surface area contributed by atoms with Crippen LogP contribution in [-0.4, -0.2) is 112 Å². The molecule has 0 aliphatic heterocycles. The molecule has 2 aliphatic rings. The lowest BCUT2D eigenvalue weighted by Crippen LogP contribution is -2.45. The van der Waals surface area contributed by atoms with E-state index in [1.54, 1.807) is 0 Å². The van der Waals surface area contributed by atoms with E-state index in [1.165, 1.54) is 13.8 Å². The second-order valence-electron chi connectivity index (χ2n) is 18.1. The maximum Gasteiger partial charge on any atom is 0.469 e. The Morgan fingerprint density at radius 1 is 0.987 bits per heavy atom. The van der Waals surface area contributed by atoms with Crippen molar-refractivity contribution in [1.29, 1.82) is 0 Å². The number of pyridine rings is 1. The van der Waals surface area contributed by atoms with Crippen molar-refractivity contribution < 1.29 is 89.2 Å². The minimum Gasteiger partial charge on any atom is -0.346 e. The summed E-state index contributed by atoms with van der Waals surface area (Å²) in [4.78, 5) is 51.3. The Balaban J connectivity index is 1.47. The highest BCUT2D eigenvalue weighted by Crippen LogP contribution is 2.68. The van der Waals surface area contributed by atoms with Gasteiger partial charge in [-0.05, 0) is 74.4 Å². The third kappa shape index (κ3) is 12.1. The van der Waals surface area contributed by atoms with Crippen molar-refractivity contribution in [2.24, 2.45) is 5.92 Å². The number of carbonyl (C=O) groups excluding carboxylic acids is 2. The number of hydrogen-bond acceptors (Lipinski definition) is 11. The van der Waals surface area contributed by atoms with Crippen molar-refractivity contribution in [3.8, 4) is 23.0 Å². The lowest BCUT2D eigenvalue weighted by Gasteiger charge is -2.25. The number of likely N-dealkylation sites (N-methyl/N-ethyl adjacent to an activating group) is 1. The van der Waals surface area contributed by atoms with Crippen molar-refractivity contribution >= 4 is 67.9 Å². The van der Waals surface area contributed by atoms with E-state index in [9.17, 15) is 66.1 Å². The van der Waals surface area contributed by atoms with E-state index < -0.39 is 175 Å². The van der Waals surface area contributed by atoms with Gasteiger partial charge >= 0.3 is 26.2 Å². The molecule has 7 rings (SSSR count). The molecule has 2 aliphatic carbocycles. The lowest BCUT2D eigenvalue weighted by atomic mass is 9.93. The summed E-state index contributed by atoms with van der Waals surface area (Å²) in [6, 6.07) is 2.89. The van der Waals surface area contributed by atoms with Gasteiger partial charge in [0.25, 0.3) is 5.92 Å². The Labute approximate surface area is 424 Å². The number of fused-ring (bicyclic) bond motifs is 4. The number of amides is 3. The minimum absolute atomic E-state index is 0.0680. The molecule has 0 spiro atoms. The zero-order valence-electron chi connectivity index (χ0n) is 39.2. The molecule has 1 saturated carbocycles. The molecule has 0 radical (unpaired) electrons. The lowest BCUT2D eigenvalue weighted by molar-refractivity contribution is -0.143. The zero-order valence-corrected chi connectivity index (χ0v) is 42.5. The molecule has 2 aromatic carbocycles. The Morgan fingerprint density at radius 2 is 1.61 bits per heavy atom. The number of nitrogens with zero attached hydrogens (tertiary/aromatic N) is 7. The van der Waals surface area contributed by atoms with E-state index >= 15 is 8.78 Å². The van der Waals surface area contributed by atoms with E-state index in [0.717, 1.165) is 49.7 Å².